The van der Waals surface area contributed by atoms with Gasteiger partial charge in [-0.25, -0.2) is 13.4 Å². The van der Waals surface area contributed by atoms with E-state index in [0.29, 0.717) is 4.31 Å². The van der Waals surface area contributed by atoms with Gasteiger partial charge >= 0.3 is 10.2 Å². The van der Waals surface area contributed by atoms with Crippen LogP contribution in [0.25, 0.3) is 0 Å². The topological polar surface area (TPSA) is 86.7 Å². The van der Waals surface area contributed by atoms with Crippen LogP contribution >= 0.6 is 0 Å². The minimum absolute atomic E-state index is 0.00995. The minimum atomic E-state index is -4.18. The van der Waals surface area contributed by atoms with Gasteiger partial charge < -0.3 is 5.11 Å². The van der Waals surface area contributed by atoms with Crippen molar-refractivity contribution in [2.45, 2.75) is 12.8 Å². The quantitative estimate of drug-likeness (QED) is 0.738. The van der Waals surface area contributed by atoms with Gasteiger partial charge in [-0.3, -0.25) is 4.79 Å². The molecule has 2 fully saturated rings. The molecule has 0 unspecified atom stereocenters. The summed E-state index contributed by atoms with van der Waals surface area (Å²) in [5.41, 5.74) is -0.569. The van der Waals surface area contributed by atoms with Crippen LogP contribution in [0.15, 0.2) is 12.1 Å². The molecular formula is C13H11FN2O4S. The highest BCUT2D eigenvalue weighted by atomic mass is 32.2. The summed E-state index contributed by atoms with van der Waals surface area (Å²) in [7, 11) is -4.18. The lowest BCUT2D eigenvalue weighted by atomic mass is 10.1. The zero-order valence-electron chi connectivity index (χ0n) is 10.8. The molecule has 0 atom stereocenters. The first-order chi connectivity index (χ1) is 9.88. The molecular weight excluding hydrogens is 299 g/mol. The molecule has 6 nitrogen and oxygen atoms in total. The number of hydrogen-bond donors (Lipinski definition) is 2. The van der Waals surface area contributed by atoms with Crippen LogP contribution in [-0.2, 0) is 15.0 Å². The fourth-order valence-corrected chi connectivity index (χ4v) is 3.11. The summed E-state index contributed by atoms with van der Waals surface area (Å²) in [6.45, 7) is -0.577. The molecule has 8 heteroatoms. The van der Waals surface area contributed by atoms with Gasteiger partial charge in [0.05, 0.1) is 5.56 Å². The number of carbonyl (C=O) groups excluding carboxylic acids is 1. The maximum Gasteiger partial charge on any atom is 0.326 e. The van der Waals surface area contributed by atoms with Crippen molar-refractivity contribution in [3.8, 4) is 17.6 Å². The lowest BCUT2D eigenvalue weighted by Gasteiger charge is -2.17. The average Bonchev–Trinajstić information content (AvgIpc) is 3.15. The molecule has 1 aliphatic carbocycles. The molecule has 1 saturated heterocycles. The van der Waals surface area contributed by atoms with Gasteiger partial charge in [-0.1, -0.05) is 11.8 Å². The van der Waals surface area contributed by atoms with Gasteiger partial charge in [-0.2, -0.15) is 8.42 Å². The third-order valence-electron chi connectivity index (χ3n) is 3.15. The molecule has 1 saturated carbocycles. The van der Waals surface area contributed by atoms with Crippen molar-refractivity contribution in [1.82, 2.24) is 4.72 Å². The van der Waals surface area contributed by atoms with Crippen LogP contribution in [0, 0.1) is 23.6 Å². The van der Waals surface area contributed by atoms with Gasteiger partial charge in [0.1, 0.15) is 18.0 Å². The molecule has 2 N–H and O–H groups in total. The van der Waals surface area contributed by atoms with E-state index in [2.05, 4.69) is 11.8 Å². The lowest BCUT2D eigenvalue weighted by Crippen LogP contribution is -2.30. The monoisotopic (exact) mass is 310 g/mol. The Balaban J connectivity index is 2.08. The summed E-state index contributed by atoms with van der Waals surface area (Å²) in [5, 5.41) is 9.75. The van der Waals surface area contributed by atoms with Crippen molar-refractivity contribution in [2.24, 2.45) is 5.92 Å². The van der Waals surface area contributed by atoms with Crippen LogP contribution in [0.1, 0.15) is 18.4 Å². The van der Waals surface area contributed by atoms with Gasteiger partial charge in [-0.05, 0) is 25.0 Å². The van der Waals surface area contributed by atoms with Crippen molar-refractivity contribution in [1.29, 1.82) is 0 Å². The van der Waals surface area contributed by atoms with Crippen molar-refractivity contribution in [3.05, 3.63) is 23.5 Å². The number of phenolic OH excluding ortho intramolecular Hbond substituents is 1. The van der Waals surface area contributed by atoms with Crippen LogP contribution < -0.4 is 9.03 Å². The zero-order chi connectivity index (χ0) is 15.2. The third-order valence-corrected chi connectivity index (χ3v) is 4.53. The summed E-state index contributed by atoms with van der Waals surface area (Å²) >= 11 is 0. The standard InChI is InChI=1S/C13H11FN2O4S/c14-12-9(4-3-8-1-2-8)5-6-10(17)13(12)16-7-11(18)15-21(16,19)20/h5-6,8,17H,1-2,7H2,(H,15,18). The Morgan fingerprint density at radius 3 is 2.67 bits per heavy atom. The maximum absolute atomic E-state index is 14.4. The number of aromatic hydroxyl groups is 1. The lowest BCUT2D eigenvalue weighted by molar-refractivity contribution is -0.117. The molecule has 1 aromatic carbocycles. The second-order valence-electron chi connectivity index (χ2n) is 4.88. The average molecular weight is 310 g/mol. The number of carbonyl (C=O) groups is 1. The Labute approximate surface area is 120 Å². The highest BCUT2D eigenvalue weighted by Crippen LogP contribution is 2.35. The summed E-state index contributed by atoms with van der Waals surface area (Å²) in [4.78, 5) is 11.2. The van der Waals surface area contributed by atoms with Crippen molar-refractivity contribution >= 4 is 21.8 Å². The van der Waals surface area contributed by atoms with E-state index >= 15 is 0 Å². The maximum atomic E-state index is 14.4. The Hall–Kier alpha value is -2.27. The van der Waals surface area contributed by atoms with Gasteiger partial charge in [0.25, 0.3) is 5.91 Å². The molecule has 3 rings (SSSR count). The third kappa shape index (κ3) is 2.52. The van der Waals surface area contributed by atoms with Crippen molar-refractivity contribution in [3.63, 3.8) is 0 Å². The number of hydrogen-bond acceptors (Lipinski definition) is 4. The molecule has 1 aliphatic heterocycles. The highest BCUT2D eigenvalue weighted by molar-refractivity contribution is 7.92. The number of amides is 1. The van der Waals surface area contributed by atoms with E-state index in [1.54, 1.807) is 4.72 Å². The number of nitrogens with one attached hydrogen (secondary N) is 1. The normalized spacial score (nSPS) is 19.9. The largest absolute Gasteiger partial charge is 0.506 e. The van der Waals surface area contributed by atoms with E-state index in [1.165, 1.54) is 6.07 Å². The molecule has 21 heavy (non-hydrogen) atoms. The molecule has 2 aliphatic rings. The number of rotatable bonds is 1. The van der Waals surface area contributed by atoms with E-state index in [9.17, 15) is 22.7 Å². The van der Waals surface area contributed by atoms with E-state index in [4.69, 9.17) is 0 Å². The van der Waals surface area contributed by atoms with Gasteiger partial charge in [0.15, 0.2) is 5.82 Å². The first-order valence-corrected chi connectivity index (χ1v) is 7.69. The summed E-state index contributed by atoms with van der Waals surface area (Å²) in [6, 6.07) is 2.44. The Bertz CT molecular complexity index is 790. The molecule has 1 heterocycles. The van der Waals surface area contributed by atoms with Crippen LogP contribution in [0.2, 0.25) is 0 Å². The molecule has 110 valence electrons. The second kappa shape index (κ2) is 4.63. The number of nitrogens with zero attached hydrogens (tertiary/aromatic N) is 1. The molecule has 0 bridgehead atoms. The fourth-order valence-electron chi connectivity index (χ4n) is 1.94. The first-order valence-electron chi connectivity index (χ1n) is 6.25. The predicted molar refractivity (Wildman–Crippen MR) is 72.1 cm³/mol. The van der Waals surface area contributed by atoms with Gasteiger partial charge in [0, 0.05) is 5.92 Å². The summed E-state index contributed by atoms with van der Waals surface area (Å²) in [5.74, 6) is 3.44. The number of phenols is 1. The zero-order valence-corrected chi connectivity index (χ0v) is 11.6. The number of halogens is 1. The summed E-state index contributed by atoms with van der Waals surface area (Å²) in [6.07, 6.45) is 1.94. The predicted octanol–water partition coefficient (Wildman–Crippen LogP) is 0.474. The second-order valence-corrected chi connectivity index (χ2v) is 6.47. The van der Waals surface area contributed by atoms with E-state index in [-0.39, 0.29) is 11.5 Å². The van der Waals surface area contributed by atoms with Gasteiger partial charge in [-0.15, -0.1) is 0 Å². The van der Waals surface area contributed by atoms with E-state index < -0.39 is 39.9 Å². The summed E-state index contributed by atoms with van der Waals surface area (Å²) < 4.78 is 40.1. The molecule has 1 amide bonds. The van der Waals surface area contributed by atoms with Crippen LogP contribution in [0.3, 0.4) is 0 Å². The molecule has 0 spiro atoms. The van der Waals surface area contributed by atoms with Crippen LogP contribution in [0.4, 0.5) is 10.1 Å². The SMILES string of the molecule is O=C1CN(c2c(O)ccc(C#CC3CC3)c2F)S(=O)(=O)N1. The van der Waals surface area contributed by atoms with E-state index in [0.717, 1.165) is 18.9 Å². The molecule has 1 aromatic rings. The first kappa shape index (κ1) is 13.7. The minimum Gasteiger partial charge on any atom is -0.506 e. The van der Waals surface area contributed by atoms with Crippen LogP contribution in [-0.4, -0.2) is 26.0 Å². The van der Waals surface area contributed by atoms with E-state index in [1.807, 2.05) is 0 Å². The molecule has 0 aromatic heterocycles. The molecule has 0 radical (unpaired) electrons. The van der Waals surface area contributed by atoms with Crippen molar-refractivity contribution in [2.75, 3.05) is 10.8 Å². The Morgan fingerprint density at radius 2 is 2.10 bits per heavy atom. The van der Waals surface area contributed by atoms with Crippen molar-refractivity contribution < 1.29 is 22.7 Å². The number of benzene rings is 1. The highest BCUT2D eigenvalue weighted by Gasteiger charge is 2.37. The van der Waals surface area contributed by atoms with Crippen LogP contribution in [0.5, 0.6) is 5.75 Å². The van der Waals surface area contributed by atoms with Gasteiger partial charge in [0.2, 0.25) is 0 Å². The smallest absolute Gasteiger partial charge is 0.326 e. The number of anilines is 1. The fraction of sp³-hybridized carbons (Fsp3) is 0.308. The Kier molecular flexibility index (Phi) is 3.02. The Morgan fingerprint density at radius 1 is 1.38 bits per heavy atom.